The molecule has 6 heteroatoms. The average Bonchev–Trinajstić information content (AvgIpc) is 3.28. The smallest absolute Gasteiger partial charge is 0.134 e. The molecule has 134 valence electrons. The number of likely N-dealkylation sites (tertiary alicyclic amines) is 1. The lowest BCUT2D eigenvalue weighted by Gasteiger charge is -2.25. The predicted octanol–water partition coefficient (Wildman–Crippen LogP) is 1.63. The Balaban J connectivity index is 1.53. The molecule has 0 radical (unpaired) electrons. The van der Waals surface area contributed by atoms with Crippen LogP contribution in [0.25, 0.3) is 5.70 Å². The maximum atomic E-state index is 8.89. The van der Waals surface area contributed by atoms with Gasteiger partial charge in [0.05, 0.1) is 5.56 Å². The van der Waals surface area contributed by atoms with Crippen LogP contribution in [0.15, 0.2) is 35.6 Å². The van der Waals surface area contributed by atoms with Gasteiger partial charge in [-0.3, -0.25) is 4.99 Å². The first-order chi connectivity index (χ1) is 12.7. The number of rotatable bonds is 3. The van der Waals surface area contributed by atoms with Gasteiger partial charge in [0.1, 0.15) is 17.4 Å². The van der Waals surface area contributed by atoms with Crippen LogP contribution in [-0.4, -0.2) is 40.5 Å². The topological polar surface area (TPSA) is 80.1 Å². The number of aromatic nitrogens is 2. The summed E-state index contributed by atoms with van der Waals surface area (Å²) in [5.41, 5.74) is 3.03. The van der Waals surface area contributed by atoms with E-state index < -0.39 is 0 Å². The molecule has 0 aliphatic carbocycles. The Bertz CT molecular complexity index is 920. The van der Waals surface area contributed by atoms with Crippen LogP contribution in [0.3, 0.4) is 0 Å². The fourth-order valence-corrected chi connectivity index (χ4v) is 3.84. The molecule has 2 N–H and O–H groups in total. The van der Waals surface area contributed by atoms with Crippen molar-refractivity contribution < 1.29 is 0 Å². The van der Waals surface area contributed by atoms with Gasteiger partial charge in [-0.1, -0.05) is 6.92 Å². The number of aromatic amines is 1. The number of nitrogens with zero attached hydrogens (tertiary/aromatic N) is 4. The Hall–Kier alpha value is -2.81. The molecule has 4 heterocycles. The minimum absolute atomic E-state index is 0.364. The van der Waals surface area contributed by atoms with Crippen molar-refractivity contribution in [1.29, 1.82) is 5.26 Å². The second-order valence-corrected chi connectivity index (χ2v) is 7.29. The van der Waals surface area contributed by atoms with Gasteiger partial charge in [0.15, 0.2) is 0 Å². The summed E-state index contributed by atoms with van der Waals surface area (Å²) in [5.74, 6) is 1.48. The van der Waals surface area contributed by atoms with E-state index in [0.29, 0.717) is 17.5 Å². The molecule has 6 nitrogen and oxygen atoms in total. The van der Waals surface area contributed by atoms with Crippen LogP contribution >= 0.6 is 0 Å². The third-order valence-corrected chi connectivity index (χ3v) is 5.28. The fraction of sp³-hybridized carbons (Fsp3) is 0.450. The van der Waals surface area contributed by atoms with E-state index in [-0.39, 0.29) is 0 Å². The first-order valence-electron chi connectivity index (χ1n) is 9.31. The second kappa shape index (κ2) is 7.20. The third kappa shape index (κ3) is 3.43. The van der Waals surface area contributed by atoms with Gasteiger partial charge in [-0.25, -0.2) is 4.98 Å². The second-order valence-electron chi connectivity index (χ2n) is 7.29. The summed E-state index contributed by atoms with van der Waals surface area (Å²) < 4.78 is 0. The van der Waals surface area contributed by atoms with Crippen molar-refractivity contribution in [3.8, 4) is 6.07 Å². The van der Waals surface area contributed by atoms with Gasteiger partial charge in [-0.15, -0.1) is 0 Å². The Morgan fingerprint density at radius 2 is 2.23 bits per heavy atom. The lowest BCUT2D eigenvalue weighted by Crippen LogP contribution is -2.36. The first-order valence-corrected chi connectivity index (χ1v) is 9.31. The van der Waals surface area contributed by atoms with Gasteiger partial charge in [-0.05, 0) is 43.4 Å². The molecule has 0 saturated carbocycles. The van der Waals surface area contributed by atoms with Gasteiger partial charge in [0, 0.05) is 49.0 Å². The number of nitrogens with one attached hydrogen (secondary N) is 2. The zero-order valence-electron chi connectivity index (χ0n) is 15.1. The highest BCUT2D eigenvalue weighted by Gasteiger charge is 2.26. The molecule has 2 aromatic rings. The Morgan fingerprint density at radius 3 is 3.04 bits per heavy atom. The lowest BCUT2D eigenvalue weighted by atomic mass is 9.99. The number of hydrogen-bond acceptors (Lipinski definition) is 5. The number of hydrogen-bond donors (Lipinski definition) is 2. The summed E-state index contributed by atoms with van der Waals surface area (Å²) in [7, 11) is 0. The lowest BCUT2D eigenvalue weighted by molar-refractivity contribution is 0.431. The van der Waals surface area contributed by atoms with Crippen LogP contribution in [0.1, 0.15) is 31.7 Å². The summed E-state index contributed by atoms with van der Waals surface area (Å²) in [4.78, 5) is 14.9. The van der Waals surface area contributed by atoms with Gasteiger partial charge in [-0.2, -0.15) is 5.26 Å². The molecular weight excluding hydrogens is 324 g/mol. The van der Waals surface area contributed by atoms with E-state index in [4.69, 9.17) is 10.3 Å². The monoisotopic (exact) mass is 348 g/mol. The molecule has 2 aromatic heterocycles. The molecule has 2 aliphatic rings. The Kier molecular flexibility index (Phi) is 4.61. The van der Waals surface area contributed by atoms with Crippen molar-refractivity contribution in [2.45, 2.75) is 32.2 Å². The van der Waals surface area contributed by atoms with E-state index in [0.717, 1.165) is 50.2 Å². The van der Waals surface area contributed by atoms with Crippen LogP contribution in [0.5, 0.6) is 0 Å². The minimum Gasteiger partial charge on any atom is -0.372 e. The van der Waals surface area contributed by atoms with Gasteiger partial charge in [0.25, 0.3) is 0 Å². The van der Waals surface area contributed by atoms with E-state index in [9.17, 15) is 0 Å². The first kappa shape index (κ1) is 16.6. The van der Waals surface area contributed by atoms with Gasteiger partial charge in [0.2, 0.25) is 0 Å². The van der Waals surface area contributed by atoms with Crippen LogP contribution in [0.4, 0.5) is 5.82 Å². The summed E-state index contributed by atoms with van der Waals surface area (Å²) in [6.07, 6.45) is 6.93. The highest BCUT2D eigenvalue weighted by atomic mass is 15.2. The molecular formula is C20H24N6. The summed E-state index contributed by atoms with van der Waals surface area (Å²) in [5, 5.41) is 13.7. The number of H-pyrrole nitrogens is 1. The normalized spacial score (nSPS) is 22.8. The predicted molar refractivity (Wildman–Crippen MR) is 101 cm³/mol. The highest BCUT2D eigenvalue weighted by Crippen LogP contribution is 2.24. The zero-order valence-corrected chi connectivity index (χ0v) is 15.1. The summed E-state index contributed by atoms with van der Waals surface area (Å²) in [6, 6.07) is 8.32. The Morgan fingerprint density at radius 1 is 1.31 bits per heavy atom. The number of nitriles is 1. The van der Waals surface area contributed by atoms with Crippen molar-refractivity contribution in [1.82, 2.24) is 14.9 Å². The molecule has 2 atom stereocenters. The fourth-order valence-electron chi connectivity index (χ4n) is 3.84. The van der Waals surface area contributed by atoms with E-state index >= 15 is 0 Å². The molecule has 4 rings (SSSR count). The van der Waals surface area contributed by atoms with Crippen molar-refractivity contribution in [2.75, 3.05) is 25.0 Å². The summed E-state index contributed by atoms with van der Waals surface area (Å²) >= 11 is 0. The quantitative estimate of drug-likeness (QED) is 0.883. The molecule has 1 saturated heterocycles. The van der Waals surface area contributed by atoms with E-state index in [1.165, 1.54) is 10.9 Å². The van der Waals surface area contributed by atoms with Gasteiger partial charge < -0.3 is 15.2 Å². The molecule has 0 bridgehead atoms. The maximum absolute atomic E-state index is 8.89. The van der Waals surface area contributed by atoms with E-state index in [1.807, 2.05) is 12.3 Å². The number of anilines is 1. The van der Waals surface area contributed by atoms with Crippen molar-refractivity contribution in [2.24, 2.45) is 10.9 Å². The van der Waals surface area contributed by atoms with Gasteiger partial charge >= 0.3 is 0 Å². The molecule has 2 aliphatic heterocycles. The Labute approximate surface area is 153 Å². The maximum Gasteiger partial charge on any atom is 0.134 e. The molecule has 0 aromatic carbocycles. The highest BCUT2D eigenvalue weighted by molar-refractivity contribution is 5.45. The molecule has 1 fully saturated rings. The third-order valence-electron chi connectivity index (χ3n) is 5.28. The number of fused-ring (bicyclic) bond motifs is 1. The van der Waals surface area contributed by atoms with Crippen molar-refractivity contribution in [3.63, 3.8) is 0 Å². The van der Waals surface area contributed by atoms with Crippen LogP contribution in [0.2, 0.25) is 0 Å². The van der Waals surface area contributed by atoms with Crippen LogP contribution in [0, 0.1) is 17.2 Å². The summed E-state index contributed by atoms with van der Waals surface area (Å²) in [6.45, 7) is 5.23. The SMILES string of the molecule is CC1CCN=c2[nH]ccc2=C(N2CCC(Nc3ccc(C#N)cn3)C2)C1. The van der Waals surface area contributed by atoms with Crippen LogP contribution in [-0.2, 0) is 0 Å². The molecule has 2 unspecified atom stereocenters. The minimum atomic E-state index is 0.364. The standard InChI is InChI=1S/C20H24N6/c1-14-4-7-22-20-17(5-8-23-20)18(10-14)26-9-6-16(13-26)25-19-3-2-15(11-21)12-24-19/h2-3,5,8,12,14,16H,4,6-7,9-10,13H2,1H3,(H,22,23)(H,24,25). The van der Waals surface area contributed by atoms with Crippen molar-refractivity contribution in [3.05, 3.63) is 46.9 Å². The van der Waals surface area contributed by atoms with Crippen LogP contribution < -0.4 is 16.0 Å². The average molecular weight is 348 g/mol. The molecule has 0 amide bonds. The largest absolute Gasteiger partial charge is 0.372 e. The van der Waals surface area contributed by atoms with E-state index in [2.05, 4.69) is 39.2 Å². The molecule has 0 spiro atoms. The zero-order chi connectivity index (χ0) is 17.9. The van der Waals surface area contributed by atoms with E-state index in [1.54, 1.807) is 12.3 Å². The molecule has 26 heavy (non-hydrogen) atoms. The number of pyridine rings is 1. The van der Waals surface area contributed by atoms with Crippen molar-refractivity contribution >= 4 is 11.5 Å².